The van der Waals surface area contributed by atoms with Gasteiger partial charge in [0, 0.05) is 13.2 Å². The lowest BCUT2D eigenvalue weighted by Gasteiger charge is -2.23. The van der Waals surface area contributed by atoms with Gasteiger partial charge in [-0.05, 0) is 31.8 Å². The zero-order valence-electron chi connectivity index (χ0n) is 17.8. The van der Waals surface area contributed by atoms with E-state index >= 15 is 0 Å². The fourth-order valence-corrected chi connectivity index (χ4v) is 6.01. The Hall–Kier alpha value is -2.50. The third-order valence-corrected chi connectivity index (χ3v) is 7.53. The molecule has 8 atom stereocenters. The van der Waals surface area contributed by atoms with E-state index in [2.05, 4.69) is 0 Å². The number of hydrogen-bond acceptors (Lipinski definition) is 9. The first kappa shape index (κ1) is 22.3. The predicted molar refractivity (Wildman–Crippen MR) is 105 cm³/mol. The summed E-state index contributed by atoms with van der Waals surface area (Å²) in [5, 5.41) is 18.0. The van der Waals surface area contributed by atoms with Gasteiger partial charge in [0.2, 0.25) is 0 Å². The maximum Gasteiger partial charge on any atom is 0.313 e. The molecule has 0 saturated carbocycles. The van der Waals surface area contributed by atoms with Gasteiger partial charge in [0.25, 0.3) is 0 Å². The highest BCUT2D eigenvalue weighted by Gasteiger charge is 2.69. The van der Waals surface area contributed by atoms with Crippen LogP contribution in [0.3, 0.4) is 0 Å². The van der Waals surface area contributed by atoms with E-state index < -0.39 is 64.9 Å². The van der Waals surface area contributed by atoms with E-state index in [1.54, 1.807) is 12.2 Å². The normalized spacial score (nSPS) is 44.8. The summed E-state index contributed by atoms with van der Waals surface area (Å²) in [4.78, 5) is 44.7. The third-order valence-electron chi connectivity index (χ3n) is 7.53. The van der Waals surface area contributed by atoms with E-state index in [4.69, 9.17) is 33.9 Å². The van der Waals surface area contributed by atoms with Gasteiger partial charge < -0.3 is 33.9 Å². The van der Waals surface area contributed by atoms with Crippen LogP contribution in [-0.4, -0.2) is 83.9 Å². The van der Waals surface area contributed by atoms with E-state index in [0.717, 1.165) is 26.1 Å². The van der Waals surface area contributed by atoms with E-state index in [0.29, 0.717) is 0 Å². The molecule has 0 aromatic rings. The van der Waals surface area contributed by atoms with E-state index in [1.807, 2.05) is 0 Å². The largest absolute Gasteiger partial charge is 0.481 e. The first-order valence-corrected chi connectivity index (χ1v) is 11.2. The molecule has 7 aliphatic rings. The Morgan fingerprint density at radius 1 is 0.909 bits per heavy atom. The van der Waals surface area contributed by atoms with Gasteiger partial charge in [-0.1, -0.05) is 6.08 Å². The van der Waals surface area contributed by atoms with Crippen LogP contribution in [0, 0.1) is 23.7 Å². The summed E-state index contributed by atoms with van der Waals surface area (Å²) in [6, 6.07) is 0. The lowest BCUT2D eigenvalue weighted by Crippen LogP contribution is -2.41. The number of esters is 2. The Morgan fingerprint density at radius 2 is 1.58 bits per heavy atom. The summed E-state index contributed by atoms with van der Waals surface area (Å²) in [7, 11) is 0. The van der Waals surface area contributed by atoms with Crippen molar-refractivity contribution >= 4 is 23.9 Å². The van der Waals surface area contributed by atoms with Crippen molar-refractivity contribution < 1.29 is 53.1 Å². The summed E-state index contributed by atoms with van der Waals surface area (Å²) in [6.07, 6.45) is 6.74. The first-order valence-electron chi connectivity index (χ1n) is 11.2. The van der Waals surface area contributed by atoms with Gasteiger partial charge in [0.05, 0.1) is 18.1 Å². The summed E-state index contributed by atoms with van der Waals surface area (Å²) in [5.41, 5.74) is -1.39. The first-order chi connectivity index (χ1) is 15.8. The van der Waals surface area contributed by atoms with Gasteiger partial charge in [0.15, 0.2) is 0 Å². The highest BCUT2D eigenvalue weighted by molar-refractivity contribution is 5.87. The van der Waals surface area contributed by atoms with Crippen LogP contribution in [-0.2, 0) is 42.9 Å². The fraction of sp³-hybridized carbons (Fsp3) is 0.727. The standard InChI is InChI=1S/C9H10O5.C9H8O5.C4H8O/c2*10-7(11)5-4-1-2-9(14-4)3-13-8(12)6(5)9;1-2-4-5-3-1/h4-6H,1-3H2,(H,10,11);1-2,4-6H,3H2,(H,10,11);1-4H2/t2*4-,5?,6?,9-;/m11./s1. The van der Waals surface area contributed by atoms with Gasteiger partial charge in [-0.2, -0.15) is 0 Å². The second kappa shape index (κ2) is 8.07. The van der Waals surface area contributed by atoms with Gasteiger partial charge in [-0.15, -0.1) is 0 Å². The molecule has 0 aromatic heterocycles. The Bertz CT molecular complexity index is 887. The average molecular weight is 466 g/mol. The summed E-state index contributed by atoms with van der Waals surface area (Å²) >= 11 is 0. The maximum atomic E-state index is 11.4. The SMILES string of the molecule is C1CCOC1.O=C(O)C1C2C(=O)OC[C@]23C=C[C@H]1O3.O=C(O)C1C2C(=O)OC[C@]23CC[C@H]1O3. The lowest BCUT2D eigenvalue weighted by molar-refractivity contribution is -0.153. The molecule has 7 rings (SSSR count). The van der Waals surface area contributed by atoms with Crippen molar-refractivity contribution in [1.82, 2.24) is 0 Å². The molecule has 7 aliphatic heterocycles. The third kappa shape index (κ3) is 3.44. The van der Waals surface area contributed by atoms with E-state index in [9.17, 15) is 19.2 Å². The highest BCUT2D eigenvalue weighted by Crippen LogP contribution is 2.54. The number of hydrogen-bond donors (Lipinski definition) is 2. The average Bonchev–Trinajstić information content (AvgIpc) is 3.61. The van der Waals surface area contributed by atoms with Crippen molar-refractivity contribution in [2.45, 2.75) is 49.1 Å². The lowest BCUT2D eigenvalue weighted by atomic mass is 9.73. The molecular weight excluding hydrogens is 440 g/mol. The Balaban J connectivity index is 0.000000115. The van der Waals surface area contributed by atoms with Crippen molar-refractivity contribution in [3.05, 3.63) is 12.2 Å². The minimum absolute atomic E-state index is 0.146. The van der Waals surface area contributed by atoms with Crippen molar-refractivity contribution in [3.63, 3.8) is 0 Å². The highest BCUT2D eigenvalue weighted by atomic mass is 16.6. The smallest absolute Gasteiger partial charge is 0.313 e. The molecule has 6 saturated heterocycles. The molecule has 0 amide bonds. The minimum Gasteiger partial charge on any atom is -0.481 e. The number of cyclic esters (lactones) is 2. The van der Waals surface area contributed by atoms with Crippen molar-refractivity contribution in [1.29, 1.82) is 0 Å². The molecule has 0 aromatic carbocycles. The van der Waals surface area contributed by atoms with Gasteiger partial charge >= 0.3 is 23.9 Å². The molecule has 4 unspecified atom stereocenters. The molecule has 2 spiro atoms. The Kier molecular flexibility index (Phi) is 5.45. The Labute approximate surface area is 188 Å². The second-order valence-corrected chi connectivity index (χ2v) is 9.37. The molecule has 0 radical (unpaired) electrons. The van der Waals surface area contributed by atoms with Crippen LogP contribution in [0.5, 0.6) is 0 Å². The van der Waals surface area contributed by atoms with Crippen molar-refractivity contribution in [2.24, 2.45) is 23.7 Å². The number of fused-ring (bicyclic) bond motifs is 2. The number of rotatable bonds is 2. The predicted octanol–water partition coefficient (Wildman–Crippen LogP) is 0.156. The van der Waals surface area contributed by atoms with Gasteiger partial charge in [-0.25, -0.2) is 0 Å². The molecule has 11 nitrogen and oxygen atoms in total. The minimum atomic E-state index is -0.995. The van der Waals surface area contributed by atoms with Crippen LogP contribution in [0.25, 0.3) is 0 Å². The van der Waals surface area contributed by atoms with Crippen LogP contribution >= 0.6 is 0 Å². The molecule has 0 aliphatic carbocycles. The molecule has 2 N–H and O–H groups in total. The molecule has 11 heteroatoms. The fourth-order valence-electron chi connectivity index (χ4n) is 6.01. The van der Waals surface area contributed by atoms with E-state index in [1.165, 1.54) is 12.8 Å². The summed E-state index contributed by atoms with van der Waals surface area (Å²) in [6.45, 7) is 2.38. The molecule has 6 fully saturated rings. The number of carboxylic acids is 2. The zero-order chi connectivity index (χ0) is 23.4. The number of aliphatic carboxylic acids is 2. The van der Waals surface area contributed by atoms with Crippen LogP contribution in [0.4, 0.5) is 0 Å². The molecule has 4 bridgehead atoms. The quantitative estimate of drug-likeness (QED) is 0.422. The number of carbonyl (C=O) groups is 4. The monoisotopic (exact) mass is 466 g/mol. The van der Waals surface area contributed by atoms with Gasteiger partial charge in [0.1, 0.15) is 42.2 Å². The summed E-state index contributed by atoms with van der Waals surface area (Å²) in [5.74, 6) is -5.50. The maximum absolute atomic E-state index is 11.4. The number of carboxylic acid groups (broad SMARTS) is 2. The molecule has 7 heterocycles. The second-order valence-electron chi connectivity index (χ2n) is 9.37. The Morgan fingerprint density at radius 3 is 2.21 bits per heavy atom. The number of ether oxygens (including phenoxy) is 5. The molecular formula is C22H26O11. The zero-order valence-corrected chi connectivity index (χ0v) is 17.8. The summed E-state index contributed by atoms with van der Waals surface area (Å²) < 4.78 is 25.8. The van der Waals surface area contributed by atoms with Gasteiger partial charge in [-0.3, -0.25) is 19.2 Å². The molecule has 33 heavy (non-hydrogen) atoms. The number of carbonyl (C=O) groups excluding carboxylic acids is 2. The topological polar surface area (TPSA) is 155 Å². The van der Waals surface area contributed by atoms with Crippen LogP contribution < -0.4 is 0 Å². The van der Waals surface area contributed by atoms with E-state index in [-0.39, 0.29) is 19.3 Å². The van der Waals surface area contributed by atoms with Crippen LogP contribution in [0.1, 0.15) is 25.7 Å². The van der Waals surface area contributed by atoms with Crippen LogP contribution in [0.2, 0.25) is 0 Å². The van der Waals surface area contributed by atoms with Crippen LogP contribution in [0.15, 0.2) is 12.2 Å². The molecule has 180 valence electrons. The van der Waals surface area contributed by atoms with Crippen molar-refractivity contribution in [3.8, 4) is 0 Å². The van der Waals surface area contributed by atoms with Crippen molar-refractivity contribution in [2.75, 3.05) is 26.4 Å².